The Balaban J connectivity index is 2.31. The van der Waals surface area contributed by atoms with Crippen LogP contribution in [0.4, 0.5) is 0 Å². The zero-order valence-electron chi connectivity index (χ0n) is 11.7. The Morgan fingerprint density at radius 3 is 2.60 bits per heavy atom. The second kappa shape index (κ2) is 6.61. The molecule has 1 aromatic carbocycles. The Labute approximate surface area is 118 Å². The van der Waals surface area contributed by atoms with Crippen LogP contribution in [-0.2, 0) is 9.53 Å². The van der Waals surface area contributed by atoms with Crippen LogP contribution < -0.4 is 0 Å². The zero-order chi connectivity index (χ0) is 14.5. The number of ether oxygens (including phenoxy) is 1. The van der Waals surface area contributed by atoms with Gasteiger partial charge in [0, 0.05) is 11.6 Å². The number of piperidine rings is 1. The van der Waals surface area contributed by atoms with E-state index in [9.17, 15) is 15.0 Å². The van der Waals surface area contributed by atoms with Gasteiger partial charge >= 0.3 is 5.97 Å². The summed E-state index contributed by atoms with van der Waals surface area (Å²) in [6.45, 7) is 3.69. The molecule has 0 spiro atoms. The van der Waals surface area contributed by atoms with Crippen molar-refractivity contribution in [3.05, 3.63) is 23.8 Å². The molecule has 1 aromatic rings. The van der Waals surface area contributed by atoms with Crippen molar-refractivity contribution in [3.63, 3.8) is 0 Å². The quantitative estimate of drug-likeness (QED) is 0.827. The lowest BCUT2D eigenvalue weighted by molar-refractivity contribution is -0.150. The molecule has 1 aliphatic rings. The molecule has 1 fully saturated rings. The summed E-state index contributed by atoms with van der Waals surface area (Å²) in [5, 5.41) is 19.4. The van der Waals surface area contributed by atoms with E-state index < -0.39 is 6.04 Å². The third-order valence-electron chi connectivity index (χ3n) is 3.57. The number of phenolic OH excluding ortho intramolecular Hbond substituents is 2. The predicted octanol–water partition coefficient (Wildman–Crippen LogP) is 2.19. The van der Waals surface area contributed by atoms with Crippen LogP contribution in [0.25, 0.3) is 0 Å². The molecule has 1 aliphatic heterocycles. The van der Waals surface area contributed by atoms with Gasteiger partial charge in [-0.3, -0.25) is 4.90 Å². The Bertz CT molecular complexity index is 469. The molecule has 2 rings (SSSR count). The lowest BCUT2D eigenvalue weighted by Gasteiger charge is -2.33. The van der Waals surface area contributed by atoms with Crippen LogP contribution in [-0.4, -0.2) is 40.8 Å². The molecule has 1 atom stereocenters. The molecule has 0 bridgehead atoms. The van der Waals surface area contributed by atoms with Crippen molar-refractivity contribution in [1.82, 2.24) is 4.90 Å². The maximum absolute atomic E-state index is 12.2. The van der Waals surface area contributed by atoms with Crippen LogP contribution in [0.2, 0.25) is 0 Å². The molecule has 0 saturated carbocycles. The van der Waals surface area contributed by atoms with Gasteiger partial charge in [-0.05, 0) is 45.0 Å². The van der Waals surface area contributed by atoms with Crippen LogP contribution in [0.1, 0.15) is 37.8 Å². The SMILES string of the molecule is CCOC(=O)C(c1ccc(O)cc1O)N1CCCCC1. The number of esters is 1. The lowest BCUT2D eigenvalue weighted by Crippen LogP contribution is -2.38. The van der Waals surface area contributed by atoms with Crippen molar-refractivity contribution >= 4 is 5.97 Å². The third kappa shape index (κ3) is 3.22. The number of carbonyl (C=O) groups is 1. The molecule has 0 aromatic heterocycles. The smallest absolute Gasteiger partial charge is 0.328 e. The van der Waals surface area contributed by atoms with Gasteiger partial charge in [0.1, 0.15) is 17.5 Å². The Morgan fingerprint density at radius 2 is 2.00 bits per heavy atom. The second-order valence-corrected chi connectivity index (χ2v) is 4.99. The monoisotopic (exact) mass is 279 g/mol. The van der Waals surface area contributed by atoms with E-state index in [1.165, 1.54) is 12.1 Å². The molecule has 0 radical (unpaired) electrons. The highest BCUT2D eigenvalue weighted by Crippen LogP contribution is 2.33. The van der Waals surface area contributed by atoms with Crippen molar-refractivity contribution in [2.75, 3.05) is 19.7 Å². The van der Waals surface area contributed by atoms with E-state index in [-0.39, 0.29) is 17.5 Å². The molecule has 2 N–H and O–H groups in total. The Morgan fingerprint density at radius 1 is 1.30 bits per heavy atom. The minimum absolute atomic E-state index is 0.0208. The van der Waals surface area contributed by atoms with Crippen molar-refractivity contribution < 1.29 is 19.7 Å². The minimum atomic E-state index is -0.601. The van der Waals surface area contributed by atoms with Gasteiger partial charge in [0.25, 0.3) is 0 Å². The van der Waals surface area contributed by atoms with E-state index in [0.29, 0.717) is 12.2 Å². The number of hydrogen-bond donors (Lipinski definition) is 2. The normalized spacial score (nSPS) is 17.6. The summed E-state index contributed by atoms with van der Waals surface area (Å²) in [4.78, 5) is 14.3. The first-order valence-corrected chi connectivity index (χ1v) is 7.06. The summed E-state index contributed by atoms with van der Waals surface area (Å²) in [7, 11) is 0. The average Bonchev–Trinajstić information content (AvgIpc) is 2.43. The zero-order valence-corrected chi connectivity index (χ0v) is 11.7. The summed E-state index contributed by atoms with van der Waals surface area (Å²) in [5.74, 6) is -0.448. The van der Waals surface area contributed by atoms with Crippen LogP contribution >= 0.6 is 0 Å². The fraction of sp³-hybridized carbons (Fsp3) is 0.533. The number of benzene rings is 1. The standard InChI is InChI=1S/C15H21NO4/c1-2-20-15(19)14(16-8-4-3-5-9-16)12-7-6-11(17)10-13(12)18/h6-7,10,14,17-18H,2-5,8-9H2,1H3. The van der Waals surface area contributed by atoms with E-state index in [1.807, 2.05) is 4.90 Å². The first-order valence-electron chi connectivity index (χ1n) is 7.06. The van der Waals surface area contributed by atoms with E-state index in [4.69, 9.17) is 4.74 Å². The van der Waals surface area contributed by atoms with Gasteiger partial charge in [0.15, 0.2) is 0 Å². The minimum Gasteiger partial charge on any atom is -0.508 e. The Hall–Kier alpha value is -1.75. The average molecular weight is 279 g/mol. The molecular formula is C15H21NO4. The summed E-state index contributed by atoms with van der Waals surface area (Å²) in [6.07, 6.45) is 3.23. The molecule has 1 unspecified atom stereocenters. The van der Waals surface area contributed by atoms with Gasteiger partial charge in [-0.2, -0.15) is 0 Å². The predicted molar refractivity (Wildman–Crippen MR) is 74.6 cm³/mol. The number of likely N-dealkylation sites (tertiary alicyclic amines) is 1. The summed E-state index contributed by atoms with van der Waals surface area (Å²) < 4.78 is 5.14. The van der Waals surface area contributed by atoms with E-state index in [0.717, 1.165) is 32.4 Å². The van der Waals surface area contributed by atoms with Gasteiger partial charge in [0.05, 0.1) is 6.61 Å². The summed E-state index contributed by atoms with van der Waals surface area (Å²) in [6, 6.07) is 3.72. The fourth-order valence-corrected chi connectivity index (χ4v) is 2.63. The molecule has 5 nitrogen and oxygen atoms in total. The first kappa shape index (κ1) is 14.7. The van der Waals surface area contributed by atoms with Crippen molar-refractivity contribution in [2.24, 2.45) is 0 Å². The van der Waals surface area contributed by atoms with Crippen LogP contribution in [0.3, 0.4) is 0 Å². The van der Waals surface area contributed by atoms with Crippen LogP contribution in [0.5, 0.6) is 11.5 Å². The van der Waals surface area contributed by atoms with Gasteiger partial charge in [-0.15, -0.1) is 0 Å². The van der Waals surface area contributed by atoms with Gasteiger partial charge in [-0.1, -0.05) is 6.42 Å². The second-order valence-electron chi connectivity index (χ2n) is 4.99. The van der Waals surface area contributed by atoms with Crippen molar-refractivity contribution in [2.45, 2.75) is 32.2 Å². The highest BCUT2D eigenvalue weighted by atomic mass is 16.5. The number of carbonyl (C=O) groups excluding carboxylic acids is 1. The Kier molecular flexibility index (Phi) is 4.84. The van der Waals surface area contributed by atoms with E-state index in [2.05, 4.69) is 0 Å². The highest BCUT2D eigenvalue weighted by Gasteiger charge is 2.31. The number of rotatable bonds is 4. The molecule has 20 heavy (non-hydrogen) atoms. The molecule has 1 saturated heterocycles. The van der Waals surface area contributed by atoms with Crippen LogP contribution in [0.15, 0.2) is 18.2 Å². The summed E-state index contributed by atoms with van der Waals surface area (Å²) in [5.41, 5.74) is 0.489. The fourth-order valence-electron chi connectivity index (χ4n) is 2.63. The molecular weight excluding hydrogens is 258 g/mol. The van der Waals surface area contributed by atoms with Crippen molar-refractivity contribution in [1.29, 1.82) is 0 Å². The maximum atomic E-state index is 12.2. The van der Waals surface area contributed by atoms with Gasteiger partial charge in [-0.25, -0.2) is 4.79 Å². The van der Waals surface area contributed by atoms with Gasteiger partial charge < -0.3 is 14.9 Å². The highest BCUT2D eigenvalue weighted by molar-refractivity contribution is 5.78. The molecule has 1 heterocycles. The molecule has 110 valence electrons. The van der Waals surface area contributed by atoms with Gasteiger partial charge in [0.2, 0.25) is 0 Å². The van der Waals surface area contributed by atoms with Crippen molar-refractivity contribution in [3.8, 4) is 11.5 Å². The number of nitrogens with zero attached hydrogens (tertiary/aromatic N) is 1. The summed E-state index contributed by atoms with van der Waals surface area (Å²) >= 11 is 0. The molecule has 5 heteroatoms. The van der Waals surface area contributed by atoms with E-state index in [1.54, 1.807) is 13.0 Å². The maximum Gasteiger partial charge on any atom is 0.328 e. The number of hydrogen-bond acceptors (Lipinski definition) is 5. The lowest BCUT2D eigenvalue weighted by atomic mass is 10.0. The first-order chi connectivity index (χ1) is 9.63. The van der Waals surface area contributed by atoms with Crippen LogP contribution in [0, 0.1) is 0 Å². The largest absolute Gasteiger partial charge is 0.508 e. The van der Waals surface area contributed by atoms with E-state index >= 15 is 0 Å². The molecule has 0 amide bonds. The topological polar surface area (TPSA) is 70.0 Å². The third-order valence-corrected chi connectivity index (χ3v) is 3.57. The molecule has 0 aliphatic carbocycles. The number of phenols is 2. The number of aromatic hydroxyl groups is 2.